The molecule has 0 spiro atoms. The van der Waals surface area contributed by atoms with Crippen LogP contribution in [0.5, 0.6) is 0 Å². The SMILES string of the molecule is O=C(O)COC/C=C\CC1C(=O)NC(=O)N1CCC(O)C1CCCCC1. The molecule has 2 atom stereocenters. The predicted octanol–water partition coefficient (Wildman–Crippen LogP) is 1.29. The number of ether oxygens (including phenoxy) is 1. The fraction of sp³-hybridized carbons (Fsp3) is 0.722. The van der Waals surface area contributed by atoms with E-state index in [1.54, 1.807) is 12.2 Å². The lowest BCUT2D eigenvalue weighted by molar-refractivity contribution is -0.141. The van der Waals surface area contributed by atoms with Crippen molar-refractivity contribution in [3.63, 3.8) is 0 Å². The number of aliphatic carboxylic acids is 1. The Morgan fingerprint density at radius 3 is 2.69 bits per heavy atom. The maximum Gasteiger partial charge on any atom is 0.329 e. The number of carbonyl (C=O) groups excluding carboxylic acids is 2. The molecule has 3 amide bonds. The van der Waals surface area contributed by atoms with Gasteiger partial charge in [0.1, 0.15) is 12.6 Å². The van der Waals surface area contributed by atoms with Crippen LogP contribution in [0.3, 0.4) is 0 Å². The highest BCUT2D eigenvalue weighted by molar-refractivity contribution is 6.04. The van der Waals surface area contributed by atoms with Crippen LogP contribution in [-0.2, 0) is 14.3 Å². The number of carbonyl (C=O) groups is 3. The zero-order chi connectivity index (χ0) is 18.9. The van der Waals surface area contributed by atoms with Crippen LogP contribution < -0.4 is 5.32 Å². The number of carboxylic acid groups (broad SMARTS) is 1. The van der Waals surface area contributed by atoms with E-state index in [9.17, 15) is 19.5 Å². The van der Waals surface area contributed by atoms with Gasteiger partial charge in [-0.3, -0.25) is 10.1 Å². The quantitative estimate of drug-likeness (QED) is 0.304. The first-order valence-electron chi connectivity index (χ1n) is 9.23. The van der Waals surface area contributed by atoms with E-state index in [1.165, 1.54) is 11.3 Å². The molecular weight excluding hydrogens is 340 g/mol. The average Bonchev–Trinajstić information content (AvgIpc) is 2.89. The highest BCUT2D eigenvalue weighted by Crippen LogP contribution is 2.28. The van der Waals surface area contributed by atoms with E-state index in [4.69, 9.17) is 9.84 Å². The van der Waals surface area contributed by atoms with Crippen molar-refractivity contribution < 1.29 is 29.3 Å². The van der Waals surface area contributed by atoms with Crippen molar-refractivity contribution in [1.82, 2.24) is 10.2 Å². The van der Waals surface area contributed by atoms with Gasteiger partial charge < -0.3 is 19.8 Å². The summed E-state index contributed by atoms with van der Waals surface area (Å²) in [7, 11) is 0. The van der Waals surface area contributed by atoms with Crippen molar-refractivity contribution in [2.45, 2.75) is 57.1 Å². The Bertz CT molecular complexity index is 530. The smallest absolute Gasteiger partial charge is 0.329 e. The molecule has 2 fully saturated rings. The highest BCUT2D eigenvalue weighted by Gasteiger charge is 2.37. The zero-order valence-corrected chi connectivity index (χ0v) is 14.9. The lowest BCUT2D eigenvalue weighted by atomic mass is 9.84. The fourth-order valence-electron chi connectivity index (χ4n) is 3.57. The molecule has 146 valence electrons. The second-order valence-electron chi connectivity index (χ2n) is 6.87. The number of imide groups is 1. The van der Waals surface area contributed by atoms with Crippen molar-refractivity contribution >= 4 is 17.9 Å². The second-order valence-corrected chi connectivity index (χ2v) is 6.87. The third-order valence-electron chi connectivity index (χ3n) is 5.00. The average molecular weight is 368 g/mol. The number of amides is 3. The molecule has 0 bridgehead atoms. The number of nitrogens with one attached hydrogen (secondary N) is 1. The first kappa shape index (κ1) is 20.4. The summed E-state index contributed by atoms with van der Waals surface area (Å²) in [6.07, 6.45) is 9.23. The Balaban J connectivity index is 1.78. The molecule has 26 heavy (non-hydrogen) atoms. The number of carboxylic acids is 1. The molecule has 0 aromatic carbocycles. The van der Waals surface area contributed by atoms with Crippen LogP contribution in [0.1, 0.15) is 44.9 Å². The zero-order valence-electron chi connectivity index (χ0n) is 14.9. The summed E-state index contributed by atoms with van der Waals surface area (Å²) in [5, 5.41) is 21.2. The van der Waals surface area contributed by atoms with Crippen LogP contribution >= 0.6 is 0 Å². The van der Waals surface area contributed by atoms with E-state index < -0.39 is 24.1 Å². The Kier molecular flexibility index (Phi) is 8.06. The molecule has 2 rings (SSSR count). The van der Waals surface area contributed by atoms with Gasteiger partial charge in [0, 0.05) is 6.54 Å². The topological polar surface area (TPSA) is 116 Å². The van der Waals surface area contributed by atoms with Gasteiger partial charge >= 0.3 is 12.0 Å². The summed E-state index contributed by atoms with van der Waals surface area (Å²) >= 11 is 0. The van der Waals surface area contributed by atoms with Gasteiger partial charge in [0.05, 0.1) is 12.7 Å². The van der Waals surface area contributed by atoms with Gasteiger partial charge in [-0.15, -0.1) is 0 Å². The van der Waals surface area contributed by atoms with Gasteiger partial charge in [0.25, 0.3) is 5.91 Å². The predicted molar refractivity (Wildman–Crippen MR) is 93.4 cm³/mol. The van der Waals surface area contributed by atoms with Crippen LogP contribution in [0.25, 0.3) is 0 Å². The molecule has 1 saturated heterocycles. The Morgan fingerprint density at radius 1 is 1.27 bits per heavy atom. The first-order chi connectivity index (χ1) is 12.5. The standard InChI is InChI=1S/C18H28N2O6/c21-15(13-6-2-1-3-7-13)9-10-20-14(17(24)19-18(20)25)8-4-5-11-26-12-16(22)23/h4-5,13-15,21H,1-3,6-12H2,(H,22,23)(H,19,24,25)/b5-4-. The van der Waals surface area contributed by atoms with E-state index in [0.29, 0.717) is 19.4 Å². The molecule has 0 radical (unpaired) electrons. The number of urea groups is 1. The van der Waals surface area contributed by atoms with Crippen molar-refractivity contribution in [3.8, 4) is 0 Å². The minimum absolute atomic E-state index is 0.134. The maximum absolute atomic E-state index is 12.0. The van der Waals surface area contributed by atoms with Crippen LogP contribution in [-0.4, -0.2) is 64.9 Å². The second kappa shape index (κ2) is 10.3. The van der Waals surface area contributed by atoms with Crippen molar-refractivity contribution in [1.29, 1.82) is 0 Å². The van der Waals surface area contributed by atoms with Crippen LogP contribution in [0.15, 0.2) is 12.2 Å². The molecule has 0 aromatic rings. The summed E-state index contributed by atoms with van der Waals surface area (Å²) in [4.78, 5) is 35.8. The molecule has 1 aliphatic carbocycles. The molecular formula is C18H28N2O6. The molecule has 3 N–H and O–H groups in total. The van der Waals surface area contributed by atoms with Crippen molar-refractivity contribution in [2.75, 3.05) is 19.8 Å². The molecule has 0 aromatic heterocycles. The van der Waals surface area contributed by atoms with Gasteiger partial charge in [-0.05, 0) is 31.6 Å². The van der Waals surface area contributed by atoms with Gasteiger partial charge in [-0.25, -0.2) is 9.59 Å². The summed E-state index contributed by atoms with van der Waals surface area (Å²) < 4.78 is 4.88. The Hall–Kier alpha value is -1.93. The summed E-state index contributed by atoms with van der Waals surface area (Å²) in [5.74, 6) is -1.10. The van der Waals surface area contributed by atoms with E-state index in [-0.39, 0.29) is 25.0 Å². The van der Waals surface area contributed by atoms with Gasteiger partial charge in [0.2, 0.25) is 0 Å². The van der Waals surface area contributed by atoms with Gasteiger partial charge in [-0.2, -0.15) is 0 Å². The van der Waals surface area contributed by atoms with E-state index in [1.807, 2.05) is 0 Å². The number of hydrogen-bond donors (Lipinski definition) is 3. The van der Waals surface area contributed by atoms with Crippen LogP contribution in [0.4, 0.5) is 4.79 Å². The molecule has 2 unspecified atom stereocenters. The highest BCUT2D eigenvalue weighted by atomic mass is 16.5. The van der Waals surface area contributed by atoms with Crippen LogP contribution in [0, 0.1) is 5.92 Å². The minimum Gasteiger partial charge on any atom is -0.480 e. The fourth-order valence-corrected chi connectivity index (χ4v) is 3.57. The molecule has 2 aliphatic rings. The van der Waals surface area contributed by atoms with Gasteiger partial charge in [-0.1, -0.05) is 31.4 Å². The summed E-state index contributed by atoms with van der Waals surface area (Å²) in [6, 6.07) is -1.02. The Morgan fingerprint density at radius 2 is 2.00 bits per heavy atom. The third-order valence-corrected chi connectivity index (χ3v) is 5.00. The summed E-state index contributed by atoms with van der Waals surface area (Å²) in [6.45, 7) is 0.0934. The van der Waals surface area contributed by atoms with Crippen LogP contribution in [0.2, 0.25) is 0 Å². The number of hydrogen-bond acceptors (Lipinski definition) is 5. The molecule has 1 heterocycles. The Labute approximate surface area is 153 Å². The molecule has 1 saturated carbocycles. The first-order valence-corrected chi connectivity index (χ1v) is 9.23. The molecule has 8 nitrogen and oxygen atoms in total. The largest absolute Gasteiger partial charge is 0.480 e. The minimum atomic E-state index is -1.04. The molecule has 8 heteroatoms. The van der Waals surface area contributed by atoms with Crippen molar-refractivity contribution in [3.05, 3.63) is 12.2 Å². The number of rotatable bonds is 10. The monoisotopic (exact) mass is 368 g/mol. The maximum atomic E-state index is 12.0. The van der Waals surface area contributed by atoms with E-state index in [0.717, 1.165) is 25.7 Å². The number of aliphatic hydroxyl groups is 1. The van der Waals surface area contributed by atoms with Crippen molar-refractivity contribution in [2.24, 2.45) is 5.92 Å². The molecule has 1 aliphatic heterocycles. The normalized spacial score (nSPS) is 22.8. The van der Waals surface area contributed by atoms with E-state index >= 15 is 0 Å². The lowest BCUT2D eigenvalue weighted by Gasteiger charge is -2.28. The lowest BCUT2D eigenvalue weighted by Crippen LogP contribution is -2.38. The summed E-state index contributed by atoms with van der Waals surface area (Å²) in [5.41, 5.74) is 0. The van der Waals surface area contributed by atoms with E-state index in [2.05, 4.69) is 5.32 Å². The number of aliphatic hydroxyl groups excluding tert-OH is 1. The number of nitrogens with zero attached hydrogens (tertiary/aromatic N) is 1. The third kappa shape index (κ3) is 6.10. The van der Waals surface area contributed by atoms with Gasteiger partial charge in [0.15, 0.2) is 0 Å².